The molecule has 0 aromatic carbocycles. The Morgan fingerprint density at radius 3 is 2.35 bits per heavy atom. The van der Waals surface area contributed by atoms with Crippen molar-refractivity contribution in [3.8, 4) is 6.07 Å². The van der Waals surface area contributed by atoms with Gasteiger partial charge in [-0.2, -0.15) is 5.26 Å². The van der Waals surface area contributed by atoms with Gasteiger partial charge in [0.2, 0.25) is 5.91 Å². The van der Waals surface area contributed by atoms with Gasteiger partial charge in [0.15, 0.2) is 11.6 Å². The summed E-state index contributed by atoms with van der Waals surface area (Å²) in [5.41, 5.74) is -0.424. The number of rotatable bonds is 5. The summed E-state index contributed by atoms with van der Waals surface area (Å²) in [5, 5.41) is 12.6. The summed E-state index contributed by atoms with van der Waals surface area (Å²) in [6.45, 7) is 15.3. The second kappa shape index (κ2) is 10.1. The van der Waals surface area contributed by atoms with Crippen LogP contribution < -0.4 is 5.32 Å². The second-order valence-corrected chi connectivity index (χ2v) is 16.5. The Labute approximate surface area is 257 Å². The lowest BCUT2D eigenvalue weighted by atomic mass is 9.34. The number of nitriles is 1. The molecule has 3 fully saturated rings. The van der Waals surface area contributed by atoms with Crippen LogP contribution in [0.2, 0.25) is 0 Å². The first-order valence-electron chi connectivity index (χ1n) is 16.2. The number of methoxy groups -OCH3 is 1. The summed E-state index contributed by atoms with van der Waals surface area (Å²) in [6.07, 6.45) is 11.5. The fourth-order valence-electron chi connectivity index (χ4n) is 10.9. The molecule has 43 heavy (non-hydrogen) atoms. The summed E-state index contributed by atoms with van der Waals surface area (Å²) < 4.78 is 4.67. The molecular formula is C36H50N2O5. The van der Waals surface area contributed by atoms with Crippen molar-refractivity contribution >= 4 is 23.4 Å². The minimum atomic E-state index is -0.679. The molecule has 1 amide bonds. The molecule has 0 radical (unpaired) electrons. The van der Waals surface area contributed by atoms with Gasteiger partial charge in [0.1, 0.15) is 12.6 Å². The molecule has 0 aliphatic heterocycles. The molecule has 5 aliphatic rings. The number of esters is 1. The molecule has 0 saturated heterocycles. The van der Waals surface area contributed by atoms with Gasteiger partial charge in [-0.15, -0.1) is 0 Å². The first-order chi connectivity index (χ1) is 19.9. The minimum Gasteiger partial charge on any atom is -0.468 e. The maximum atomic E-state index is 14.6. The topological polar surface area (TPSA) is 113 Å². The molecule has 234 valence electrons. The zero-order valence-electron chi connectivity index (χ0n) is 27.4. The van der Waals surface area contributed by atoms with Crippen LogP contribution in [-0.4, -0.2) is 37.1 Å². The molecule has 0 heterocycles. The van der Waals surface area contributed by atoms with Gasteiger partial charge in [0, 0.05) is 23.2 Å². The summed E-state index contributed by atoms with van der Waals surface area (Å²) in [7, 11) is 1.31. The standard InChI is InChI=1S/C36H50N2O5/c1-31(2)13-15-36(12-10-27(40)38-21-28(41)43-8)16-14-35(7)29(23(36)19-31)24(39)17-26-33(5)18-22(20-37)30(42)32(3,4)25(33)9-11-34(26,35)6/h17-18,23,25,29H,9-16,19,21H2,1-8H3,(H,38,40). The molecule has 7 unspecified atom stereocenters. The fraction of sp³-hybridized carbons (Fsp3) is 0.750. The molecule has 0 bridgehead atoms. The molecule has 1 N–H and O–H groups in total. The van der Waals surface area contributed by atoms with Gasteiger partial charge in [-0.1, -0.05) is 60.1 Å². The third-order valence-electron chi connectivity index (χ3n) is 13.5. The van der Waals surface area contributed by atoms with Crippen molar-refractivity contribution in [3.05, 3.63) is 23.3 Å². The molecule has 7 nitrogen and oxygen atoms in total. The van der Waals surface area contributed by atoms with E-state index in [1.807, 2.05) is 26.0 Å². The van der Waals surface area contributed by atoms with Crippen LogP contribution >= 0.6 is 0 Å². The molecule has 3 saturated carbocycles. The molecule has 0 aromatic rings. The van der Waals surface area contributed by atoms with E-state index in [-0.39, 0.29) is 69.0 Å². The lowest BCUT2D eigenvalue weighted by Gasteiger charge is -2.69. The molecule has 5 aliphatic carbocycles. The van der Waals surface area contributed by atoms with Gasteiger partial charge in [-0.05, 0) is 90.9 Å². The normalized spacial score (nSPS) is 40.8. The predicted molar refractivity (Wildman–Crippen MR) is 163 cm³/mol. The van der Waals surface area contributed by atoms with Crippen molar-refractivity contribution in [1.82, 2.24) is 5.32 Å². The molecule has 0 aromatic heterocycles. The average molecular weight is 591 g/mol. The number of carbonyl (C=O) groups excluding carboxylic acids is 4. The number of fused-ring (bicyclic) bond motifs is 7. The van der Waals surface area contributed by atoms with Crippen molar-refractivity contribution in [1.29, 1.82) is 5.26 Å². The van der Waals surface area contributed by atoms with Crippen molar-refractivity contribution < 1.29 is 23.9 Å². The fourth-order valence-corrected chi connectivity index (χ4v) is 10.9. The summed E-state index contributed by atoms with van der Waals surface area (Å²) >= 11 is 0. The first-order valence-corrected chi connectivity index (χ1v) is 16.2. The summed E-state index contributed by atoms with van der Waals surface area (Å²) in [5.74, 6) is -0.489. The maximum absolute atomic E-state index is 14.6. The highest BCUT2D eigenvalue weighted by molar-refractivity contribution is 6.04. The van der Waals surface area contributed by atoms with E-state index in [1.165, 1.54) is 7.11 Å². The number of hydrogen-bond acceptors (Lipinski definition) is 6. The quantitative estimate of drug-likeness (QED) is 0.377. The van der Waals surface area contributed by atoms with E-state index in [0.29, 0.717) is 12.8 Å². The van der Waals surface area contributed by atoms with Gasteiger partial charge in [0.05, 0.1) is 12.7 Å². The van der Waals surface area contributed by atoms with Gasteiger partial charge in [-0.25, -0.2) is 0 Å². The molecular weight excluding hydrogens is 540 g/mol. The Bertz CT molecular complexity index is 1370. The lowest BCUT2D eigenvalue weighted by Crippen LogP contribution is -2.64. The number of Topliss-reactive ketones (excluding diaryl/α,β-unsaturated/α-hetero) is 1. The van der Waals surface area contributed by atoms with Gasteiger partial charge >= 0.3 is 5.97 Å². The van der Waals surface area contributed by atoms with Crippen molar-refractivity contribution in [2.45, 2.75) is 106 Å². The Balaban J connectivity index is 1.55. The third kappa shape index (κ3) is 4.56. The number of nitrogens with one attached hydrogen (secondary N) is 1. The third-order valence-corrected chi connectivity index (χ3v) is 13.5. The zero-order chi connectivity index (χ0) is 31.8. The highest BCUT2D eigenvalue weighted by atomic mass is 16.5. The van der Waals surface area contributed by atoms with Crippen molar-refractivity contribution in [2.75, 3.05) is 13.7 Å². The second-order valence-electron chi connectivity index (χ2n) is 16.5. The Morgan fingerprint density at radius 1 is 1.02 bits per heavy atom. The number of allylic oxidation sites excluding steroid dienone is 4. The minimum absolute atomic E-state index is 0.0247. The number of ketones is 2. The predicted octanol–water partition coefficient (Wildman–Crippen LogP) is 6.28. The first kappa shape index (κ1) is 31.7. The highest BCUT2D eigenvalue weighted by Gasteiger charge is 2.69. The Morgan fingerprint density at radius 2 is 1.70 bits per heavy atom. The van der Waals surface area contributed by atoms with E-state index >= 15 is 0 Å². The van der Waals surface area contributed by atoms with Crippen LogP contribution in [0.15, 0.2) is 23.3 Å². The zero-order valence-corrected chi connectivity index (χ0v) is 27.4. The van der Waals surface area contributed by atoms with E-state index in [1.54, 1.807) is 0 Å². The monoisotopic (exact) mass is 590 g/mol. The van der Waals surface area contributed by atoms with Crippen LogP contribution in [0.3, 0.4) is 0 Å². The number of carbonyl (C=O) groups is 4. The van der Waals surface area contributed by atoms with E-state index in [2.05, 4.69) is 50.7 Å². The summed E-state index contributed by atoms with van der Waals surface area (Å²) in [4.78, 5) is 52.3. The maximum Gasteiger partial charge on any atom is 0.325 e. The number of ether oxygens (including phenoxy) is 1. The lowest BCUT2D eigenvalue weighted by molar-refractivity contribution is -0.173. The van der Waals surface area contributed by atoms with E-state index in [0.717, 1.165) is 50.5 Å². The van der Waals surface area contributed by atoms with Crippen LogP contribution in [0.25, 0.3) is 0 Å². The molecule has 7 atom stereocenters. The van der Waals surface area contributed by atoms with Crippen molar-refractivity contribution in [3.63, 3.8) is 0 Å². The Kier molecular flexibility index (Phi) is 7.47. The van der Waals surface area contributed by atoms with Crippen LogP contribution in [0.1, 0.15) is 106 Å². The Hall–Kier alpha value is -2.75. The summed E-state index contributed by atoms with van der Waals surface area (Å²) in [6, 6.07) is 2.19. The van der Waals surface area contributed by atoms with E-state index in [9.17, 15) is 24.4 Å². The number of hydrogen-bond donors (Lipinski definition) is 1. The average Bonchev–Trinajstić information content (AvgIpc) is 2.94. The smallest absolute Gasteiger partial charge is 0.325 e. The van der Waals surface area contributed by atoms with Gasteiger partial charge in [-0.3, -0.25) is 19.2 Å². The molecule has 7 heteroatoms. The molecule has 5 rings (SSSR count). The molecule has 0 spiro atoms. The van der Waals surface area contributed by atoms with Crippen molar-refractivity contribution in [2.24, 2.45) is 50.2 Å². The number of nitrogens with zero attached hydrogens (tertiary/aromatic N) is 1. The van der Waals surface area contributed by atoms with Crippen LogP contribution in [-0.2, 0) is 23.9 Å². The largest absolute Gasteiger partial charge is 0.468 e. The van der Waals surface area contributed by atoms with Gasteiger partial charge < -0.3 is 10.1 Å². The highest BCUT2D eigenvalue weighted by Crippen LogP contribution is 2.75. The van der Waals surface area contributed by atoms with E-state index < -0.39 is 16.8 Å². The van der Waals surface area contributed by atoms with Crippen LogP contribution in [0.4, 0.5) is 0 Å². The SMILES string of the molecule is COC(=O)CNC(=O)CCC12CCC(C)(C)CC1C1C(=O)C=C3C4(C)C=C(C#N)C(=O)C(C)(C)C4CCC3(C)C1(C)CC2. The van der Waals surface area contributed by atoms with E-state index in [4.69, 9.17) is 0 Å². The van der Waals surface area contributed by atoms with Crippen LogP contribution in [0, 0.1) is 61.6 Å². The van der Waals surface area contributed by atoms with Crippen LogP contribution in [0.5, 0.6) is 0 Å². The number of amides is 1. The van der Waals surface area contributed by atoms with Gasteiger partial charge in [0.25, 0.3) is 0 Å².